The van der Waals surface area contributed by atoms with Crippen LogP contribution >= 0.6 is 0 Å². The fourth-order valence-corrected chi connectivity index (χ4v) is 2.75. The molecule has 19 heavy (non-hydrogen) atoms. The van der Waals surface area contributed by atoms with Crippen LogP contribution in [0, 0.1) is 5.92 Å². The Kier molecular flexibility index (Phi) is 4.20. The van der Waals surface area contributed by atoms with Gasteiger partial charge in [-0.1, -0.05) is 13.0 Å². The number of hydrogen-bond donors (Lipinski definition) is 3. The van der Waals surface area contributed by atoms with Crippen molar-refractivity contribution < 1.29 is 9.84 Å². The molecule has 0 spiro atoms. The van der Waals surface area contributed by atoms with E-state index in [1.54, 1.807) is 7.11 Å². The highest BCUT2D eigenvalue weighted by Gasteiger charge is 2.34. The van der Waals surface area contributed by atoms with E-state index in [9.17, 15) is 5.11 Å². The molecule has 0 amide bonds. The highest BCUT2D eigenvalue weighted by Crippen LogP contribution is 2.37. The van der Waals surface area contributed by atoms with E-state index in [1.165, 1.54) is 0 Å². The van der Waals surface area contributed by atoms with Gasteiger partial charge in [0.1, 0.15) is 5.75 Å². The Labute approximate surface area is 115 Å². The lowest BCUT2D eigenvalue weighted by Gasteiger charge is -2.40. The lowest BCUT2D eigenvalue weighted by atomic mass is 9.77. The van der Waals surface area contributed by atoms with Gasteiger partial charge in [-0.05, 0) is 43.7 Å². The van der Waals surface area contributed by atoms with Crippen LogP contribution in [0.3, 0.4) is 0 Å². The number of ether oxygens (including phenoxy) is 1. The number of anilines is 2. The summed E-state index contributed by atoms with van der Waals surface area (Å²) in [6, 6.07) is 5.69. The van der Waals surface area contributed by atoms with Gasteiger partial charge in [0.15, 0.2) is 0 Å². The summed E-state index contributed by atoms with van der Waals surface area (Å²) in [5.41, 5.74) is 7.30. The lowest BCUT2D eigenvalue weighted by Crippen LogP contribution is -2.45. The minimum Gasteiger partial charge on any atom is -0.495 e. The van der Waals surface area contributed by atoms with E-state index in [0.29, 0.717) is 11.4 Å². The molecule has 4 heteroatoms. The fraction of sp³-hybridized carbons (Fsp3) is 0.600. The summed E-state index contributed by atoms with van der Waals surface area (Å²) in [6.07, 6.45) is 4.22. The van der Waals surface area contributed by atoms with Crippen LogP contribution in [-0.2, 0) is 0 Å². The second-order valence-corrected chi connectivity index (χ2v) is 5.67. The van der Waals surface area contributed by atoms with Crippen molar-refractivity contribution in [3.05, 3.63) is 18.2 Å². The molecule has 1 aromatic carbocycles. The van der Waals surface area contributed by atoms with Gasteiger partial charge in [0, 0.05) is 0 Å². The molecular weight excluding hydrogens is 240 g/mol. The van der Waals surface area contributed by atoms with Crippen molar-refractivity contribution in [3.63, 3.8) is 0 Å². The zero-order valence-corrected chi connectivity index (χ0v) is 11.8. The van der Waals surface area contributed by atoms with Crippen molar-refractivity contribution in [3.8, 4) is 5.75 Å². The Morgan fingerprint density at radius 2 is 2.11 bits per heavy atom. The summed E-state index contributed by atoms with van der Waals surface area (Å²) in [5.74, 6) is 1.41. The first-order valence-corrected chi connectivity index (χ1v) is 6.92. The van der Waals surface area contributed by atoms with Crippen molar-refractivity contribution in [2.24, 2.45) is 5.92 Å². The van der Waals surface area contributed by atoms with E-state index in [4.69, 9.17) is 10.5 Å². The molecule has 0 saturated heterocycles. The third-order valence-corrected chi connectivity index (χ3v) is 4.22. The average Bonchev–Trinajstić information content (AvgIpc) is 2.44. The van der Waals surface area contributed by atoms with Gasteiger partial charge in [-0.15, -0.1) is 0 Å². The predicted octanol–water partition coefficient (Wildman–Crippen LogP) is 2.63. The Hall–Kier alpha value is -1.42. The number of nitrogens with one attached hydrogen (secondary N) is 1. The third kappa shape index (κ3) is 2.95. The molecule has 4 nitrogen and oxygen atoms in total. The maximum atomic E-state index is 9.77. The van der Waals surface area contributed by atoms with Crippen molar-refractivity contribution >= 4 is 11.4 Å². The van der Waals surface area contributed by atoms with Crippen LogP contribution in [0.25, 0.3) is 0 Å². The molecule has 4 N–H and O–H groups in total. The van der Waals surface area contributed by atoms with Crippen LogP contribution < -0.4 is 15.8 Å². The summed E-state index contributed by atoms with van der Waals surface area (Å²) in [4.78, 5) is 0. The summed E-state index contributed by atoms with van der Waals surface area (Å²) in [5, 5.41) is 13.2. The van der Waals surface area contributed by atoms with Crippen molar-refractivity contribution in [1.82, 2.24) is 0 Å². The third-order valence-electron chi connectivity index (χ3n) is 4.22. The zero-order chi connectivity index (χ0) is 13.9. The smallest absolute Gasteiger partial charge is 0.143 e. The first-order chi connectivity index (χ1) is 9.10. The molecule has 2 rings (SSSR count). The normalized spacial score (nSPS) is 27.0. The number of benzene rings is 1. The number of nitrogen functional groups attached to an aromatic ring is 1. The molecule has 1 saturated carbocycles. The maximum Gasteiger partial charge on any atom is 0.143 e. The van der Waals surface area contributed by atoms with Gasteiger partial charge in [0.05, 0.1) is 30.6 Å². The maximum absolute atomic E-state index is 9.77. The van der Waals surface area contributed by atoms with E-state index in [0.717, 1.165) is 37.3 Å². The first kappa shape index (κ1) is 14.0. The molecule has 0 atom stereocenters. The second-order valence-electron chi connectivity index (χ2n) is 5.67. The lowest BCUT2D eigenvalue weighted by molar-refractivity contribution is 0.155. The van der Waals surface area contributed by atoms with E-state index in [1.807, 2.05) is 18.2 Å². The molecule has 1 aliphatic carbocycles. The van der Waals surface area contributed by atoms with E-state index in [-0.39, 0.29) is 12.1 Å². The number of methoxy groups -OCH3 is 1. The molecule has 106 valence electrons. The standard InChI is InChI=1S/C15H24N2O2/c1-11-6-8-15(10-18,9-7-11)17-12-4-3-5-13(19-2)14(12)16/h3-5,11,17-18H,6-10,16H2,1-2H3. The minimum absolute atomic E-state index is 0.135. The number of para-hydroxylation sites is 1. The minimum atomic E-state index is -0.243. The highest BCUT2D eigenvalue weighted by molar-refractivity contribution is 5.73. The molecule has 0 aromatic heterocycles. The molecule has 0 unspecified atom stereocenters. The molecule has 0 radical (unpaired) electrons. The first-order valence-electron chi connectivity index (χ1n) is 6.92. The zero-order valence-electron chi connectivity index (χ0n) is 11.8. The van der Waals surface area contributed by atoms with Gasteiger partial charge in [-0.2, -0.15) is 0 Å². The highest BCUT2D eigenvalue weighted by atomic mass is 16.5. The SMILES string of the molecule is COc1cccc(NC2(CO)CCC(C)CC2)c1N. The van der Waals surface area contributed by atoms with E-state index in [2.05, 4.69) is 12.2 Å². The Morgan fingerprint density at radius 1 is 1.42 bits per heavy atom. The fourth-order valence-electron chi connectivity index (χ4n) is 2.75. The van der Waals surface area contributed by atoms with Crippen LogP contribution in [0.1, 0.15) is 32.6 Å². The number of aliphatic hydroxyl groups excluding tert-OH is 1. The summed E-state index contributed by atoms with van der Waals surface area (Å²) in [6.45, 7) is 2.40. The van der Waals surface area contributed by atoms with Gasteiger partial charge in [0.25, 0.3) is 0 Å². The average molecular weight is 264 g/mol. The molecule has 0 bridgehead atoms. The van der Waals surface area contributed by atoms with Gasteiger partial charge < -0.3 is 20.9 Å². The van der Waals surface area contributed by atoms with E-state index >= 15 is 0 Å². The van der Waals surface area contributed by atoms with Gasteiger partial charge in [-0.3, -0.25) is 0 Å². The second kappa shape index (κ2) is 5.70. The largest absolute Gasteiger partial charge is 0.495 e. The van der Waals surface area contributed by atoms with Crippen molar-refractivity contribution in [1.29, 1.82) is 0 Å². The van der Waals surface area contributed by atoms with Crippen LogP contribution in [-0.4, -0.2) is 24.4 Å². The molecule has 0 heterocycles. The Balaban J connectivity index is 2.19. The number of hydrogen-bond acceptors (Lipinski definition) is 4. The Morgan fingerprint density at radius 3 is 2.68 bits per heavy atom. The molecule has 1 fully saturated rings. The topological polar surface area (TPSA) is 67.5 Å². The Bertz CT molecular complexity index is 426. The van der Waals surface area contributed by atoms with Gasteiger partial charge in [-0.25, -0.2) is 0 Å². The molecule has 1 aliphatic rings. The summed E-state index contributed by atoms with van der Waals surface area (Å²) < 4.78 is 5.23. The van der Waals surface area contributed by atoms with Crippen molar-refractivity contribution in [2.75, 3.05) is 24.8 Å². The predicted molar refractivity (Wildman–Crippen MR) is 78.5 cm³/mol. The van der Waals surface area contributed by atoms with Crippen molar-refractivity contribution in [2.45, 2.75) is 38.1 Å². The summed E-state index contributed by atoms with van der Waals surface area (Å²) in [7, 11) is 1.61. The van der Waals surface area contributed by atoms with E-state index < -0.39 is 0 Å². The molecule has 1 aromatic rings. The number of rotatable bonds is 4. The van der Waals surface area contributed by atoms with Crippen LogP contribution in [0.4, 0.5) is 11.4 Å². The van der Waals surface area contributed by atoms with Gasteiger partial charge in [0.2, 0.25) is 0 Å². The summed E-state index contributed by atoms with van der Waals surface area (Å²) >= 11 is 0. The molecule has 0 aliphatic heterocycles. The molecular formula is C15H24N2O2. The quantitative estimate of drug-likeness (QED) is 0.731. The van der Waals surface area contributed by atoms with Gasteiger partial charge >= 0.3 is 0 Å². The van der Waals surface area contributed by atoms with Crippen LogP contribution in [0.15, 0.2) is 18.2 Å². The van der Waals surface area contributed by atoms with Crippen LogP contribution in [0.5, 0.6) is 5.75 Å². The van der Waals surface area contributed by atoms with Crippen LogP contribution in [0.2, 0.25) is 0 Å². The number of nitrogens with two attached hydrogens (primary N) is 1. The number of aliphatic hydroxyl groups is 1. The monoisotopic (exact) mass is 264 g/mol.